The summed E-state index contributed by atoms with van der Waals surface area (Å²) in [4.78, 5) is 18.0. The fraction of sp³-hybridized carbons (Fsp3) is 0.565. The molecule has 29 heavy (non-hydrogen) atoms. The normalized spacial score (nSPS) is 15.2. The van der Waals surface area contributed by atoms with E-state index in [9.17, 15) is 4.79 Å². The molecule has 6 nitrogen and oxygen atoms in total. The minimum atomic E-state index is 0.132. The number of aryl methyl sites for hydroxylation is 1. The third-order valence-electron chi connectivity index (χ3n) is 5.66. The molecule has 1 fully saturated rings. The van der Waals surface area contributed by atoms with Gasteiger partial charge < -0.3 is 14.5 Å². The maximum absolute atomic E-state index is 13.6. The van der Waals surface area contributed by atoms with E-state index < -0.39 is 0 Å². The van der Waals surface area contributed by atoms with Crippen LogP contribution in [0.25, 0.3) is 5.69 Å². The van der Waals surface area contributed by atoms with Gasteiger partial charge in [0.15, 0.2) is 0 Å². The van der Waals surface area contributed by atoms with Gasteiger partial charge in [-0.1, -0.05) is 34.1 Å². The highest BCUT2D eigenvalue weighted by Gasteiger charge is 2.30. The van der Waals surface area contributed by atoms with Crippen molar-refractivity contribution in [3.63, 3.8) is 0 Å². The number of carbonyl (C=O) groups excluding carboxylic acids is 1. The minimum Gasteiger partial charge on any atom is -0.497 e. The van der Waals surface area contributed by atoms with Crippen LogP contribution in [0, 0.1) is 0 Å². The summed E-state index contributed by atoms with van der Waals surface area (Å²) >= 11 is 0. The molecular weight excluding hydrogens is 364 g/mol. The SMILES string of the molecule is CCCc1nn(-c2ccc(OC)cc2)c(C(C)C)c1C(=O)N1CCN(CC)CC1. The Labute approximate surface area is 174 Å². The van der Waals surface area contributed by atoms with Gasteiger partial charge >= 0.3 is 0 Å². The number of hydrogen-bond donors (Lipinski definition) is 0. The standard InChI is InChI=1S/C23H34N4O2/c1-6-8-20-21(23(28)26-15-13-25(7-2)14-16-26)22(17(3)4)27(24-20)18-9-11-19(29-5)12-10-18/h9-12,17H,6-8,13-16H2,1-5H3. The monoisotopic (exact) mass is 398 g/mol. The molecule has 1 aliphatic heterocycles. The Balaban J connectivity index is 2.02. The molecule has 6 heteroatoms. The van der Waals surface area contributed by atoms with E-state index in [2.05, 4.69) is 32.6 Å². The lowest BCUT2D eigenvalue weighted by Gasteiger charge is -2.34. The summed E-state index contributed by atoms with van der Waals surface area (Å²) < 4.78 is 7.25. The second-order valence-corrected chi connectivity index (χ2v) is 7.95. The molecule has 1 aromatic heterocycles. The summed E-state index contributed by atoms with van der Waals surface area (Å²) in [6.45, 7) is 13.1. The fourth-order valence-corrected chi connectivity index (χ4v) is 4.00. The van der Waals surface area contributed by atoms with Crippen LogP contribution >= 0.6 is 0 Å². The van der Waals surface area contributed by atoms with Crippen molar-refractivity contribution in [3.05, 3.63) is 41.2 Å². The number of amides is 1. The van der Waals surface area contributed by atoms with Crippen molar-refractivity contribution >= 4 is 5.91 Å². The molecule has 0 spiro atoms. The number of nitrogens with zero attached hydrogens (tertiary/aromatic N) is 4. The van der Waals surface area contributed by atoms with E-state index in [1.807, 2.05) is 33.8 Å². The second-order valence-electron chi connectivity index (χ2n) is 7.95. The summed E-state index contributed by atoms with van der Waals surface area (Å²) in [7, 11) is 1.66. The van der Waals surface area contributed by atoms with Crippen molar-refractivity contribution in [3.8, 4) is 11.4 Å². The molecule has 2 aromatic rings. The van der Waals surface area contributed by atoms with E-state index in [1.165, 1.54) is 0 Å². The van der Waals surface area contributed by atoms with Crippen molar-refractivity contribution in [2.75, 3.05) is 39.8 Å². The average molecular weight is 399 g/mol. The zero-order valence-electron chi connectivity index (χ0n) is 18.4. The Morgan fingerprint density at radius 3 is 2.28 bits per heavy atom. The van der Waals surface area contributed by atoms with Gasteiger partial charge in [-0.25, -0.2) is 4.68 Å². The lowest BCUT2D eigenvalue weighted by atomic mass is 10.00. The first-order valence-corrected chi connectivity index (χ1v) is 10.8. The van der Waals surface area contributed by atoms with E-state index >= 15 is 0 Å². The van der Waals surface area contributed by atoms with Crippen molar-refractivity contribution in [2.24, 2.45) is 0 Å². The van der Waals surface area contributed by atoms with Crippen LogP contribution in [0.15, 0.2) is 24.3 Å². The van der Waals surface area contributed by atoms with Crippen LogP contribution < -0.4 is 4.74 Å². The average Bonchev–Trinajstić information content (AvgIpc) is 3.13. The molecule has 158 valence electrons. The molecular formula is C23H34N4O2. The molecule has 0 N–H and O–H groups in total. The molecule has 0 radical (unpaired) electrons. The first kappa shape index (κ1) is 21.4. The summed E-state index contributed by atoms with van der Waals surface area (Å²) in [6.07, 6.45) is 1.76. The van der Waals surface area contributed by atoms with Crippen molar-refractivity contribution in [1.82, 2.24) is 19.6 Å². The van der Waals surface area contributed by atoms with Crippen LogP contribution in [-0.2, 0) is 6.42 Å². The first-order valence-electron chi connectivity index (χ1n) is 10.8. The Morgan fingerprint density at radius 2 is 1.76 bits per heavy atom. The lowest BCUT2D eigenvalue weighted by Crippen LogP contribution is -2.48. The predicted molar refractivity (Wildman–Crippen MR) is 116 cm³/mol. The van der Waals surface area contributed by atoms with Crippen LogP contribution in [0.5, 0.6) is 5.75 Å². The maximum Gasteiger partial charge on any atom is 0.257 e. The molecule has 0 saturated carbocycles. The zero-order chi connectivity index (χ0) is 21.0. The molecule has 1 aliphatic rings. The topological polar surface area (TPSA) is 50.6 Å². The van der Waals surface area contributed by atoms with Gasteiger partial charge in [0.25, 0.3) is 5.91 Å². The number of carbonyl (C=O) groups is 1. The summed E-state index contributed by atoms with van der Waals surface area (Å²) in [5.74, 6) is 1.13. The highest BCUT2D eigenvalue weighted by molar-refractivity contribution is 5.97. The number of aromatic nitrogens is 2. The van der Waals surface area contributed by atoms with Crippen molar-refractivity contribution < 1.29 is 9.53 Å². The van der Waals surface area contributed by atoms with Crippen LogP contribution in [0.3, 0.4) is 0 Å². The molecule has 0 unspecified atom stereocenters. The molecule has 1 saturated heterocycles. The van der Waals surface area contributed by atoms with E-state index in [0.717, 1.165) is 74.0 Å². The number of piperazine rings is 1. The maximum atomic E-state index is 13.6. The van der Waals surface area contributed by atoms with Gasteiger partial charge in [-0.15, -0.1) is 0 Å². The Hall–Kier alpha value is -2.34. The smallest absolute Gasteiger partial charge is 0.257 e. The molecule has 1 aromatic carbocycles. The first-order chi connectivity index (χ1) is 14.0. The van der Waals surface area contributed by atoms with Gasteiger partial charge in [0.05, 0.1) is 29.7 Å². The Kier molecular flexibility index (Phi) is 6.96. The van der Waals surface area contributed by atoms with Crippen LogP contribution in [0.4, 0.5) is 0 Å². The third kappa shape index (κ3) is 4.47. The van der Waals surface area contributed by atoms with Gasteiger partial charge in [0.2, 0.25) is 0 Å². The number of benzene rings is 1. The molecule has 3 rings (SSSR count). The Bertz CT molecular complexity index is 818. The number of rotatable bonds is 7. The predicted octanol–water partition coefficient (Wildman–Crippen LogP) is 3.73. The van der Waals surface area contributed by atoms with E-state index in [-0.39, 0.29) is 11.8 Å². The van der Waals surface area contributed by atoms with Gasteiger partial charge in [-0.3, -0.25) is 4.79 Å². The Morgan fingerprint density at radius 1 is 1.10 bits per heavy atom. The van der Waals surface area contributed by atoms with Gasteiger partial charge in [0, 0.05) is 26.2 Å². The third-order valence-corrected chi connectivity index (χ3v) is 5.66. The van der Waals surface area contributed by atoms with Gasteiger partial charge in [-0.2, -0.15) is 5.10 Å². The highest BCUT2D eigenvalue weighted by atomic mass is 16.5. The number of hydrogen-bond acceptors (Lipinski definition) is 4. The molecule has 1 amide bonds. The highest BCUT2D eigenvalue weighted by Crippen LogP contribution is 2.29. The molecule has 0 aliphatic carbocycles. The van der Waals surface area contributed by atoms with E-state index in [1.54, 1.807) is 7.11 Å². The van der Waals surface area contributed by atoms with Gasteiger partial charge in [-0.05, 0) is 43.1 Å². The van der Waals surface area contributed by atoms with Crippen LogP contribution in [-0.4, -0.2) is 65.3 Å². The summed E-state index contributed by atoms with van der Waals surface area (Å²) in [6, 6.07) is 7.88. The summed E-state index contributed by atoms with van der Waals surface area (Å²) in [5.41, 5.74) is 3.68. The molecule has 0 atom stereocenters. The zero-order valence-corrected chi connectivity index (χ0v) is 18.4. The quantitative estimate of drug-likeness (QED) is 0.713. The van der Waals surface area contributed by atoms with Crippen LogP contribution in [0.1, 0.15) is 61.8 Å². The number of ether oxygens (including phenoxy) is 1. The van der Waals surface area contributed by atoms with Crippen molar-refractivity contribution in [1.29, 1.82) is 0 Å². The fourth-order valence-electron chi connectivity index (χ4n) is 4.00. The van der Waals surface area contributed by atoms with Crippen molar-refractivity contribution in [2.45, 2.75) is 46.5 Å². The lowest BCUT2D eigenvalue weighted by molar-refractivity contribution is 0.0640. The summed E-state index contributed by atoms with van der Waals surface area (Å²) in [5, 5.41) is 4.91. The second kappa shape index (κ2) is 9.44. The van der Waals surface area contributed by atoms with Gasteiger partial charge in [0.1, 0.15) is 5.75 Å². The molecule has 2 heterocycles. The van der Waals surface area contributed by atoms with E-state index in [0.29, 0.717) is 0 Å². The molecule has 0 bridgehead atoms. The van der Waals surface area contributed by atoms with E-state index in [4.69, 9.17) is 9.84 Å². The number of methoxy groups -OCH3 is 1. The van der Waals surface area contributed by atoms with Crippen LogP contribution in [0.2, 0.25) is 0 Å². The minimum absolute atomic E-state index is 0.132. The number of likely N-dealkylation sites (N-methyl/N-ethyl adjacent to an activating group) is 1. The largest absolute Gasteiger partial charge is 0.497 e.